The van der Waals surface area contributed by atoms with E-state index in [0.717, 1.165) is 0 Å². The topological polar surface area (TPSA) is 92.7 Å². The Morgan fingerprint density at radius 2 is 1.96 bits per heavy atom. The summed E-state index contributed by atoms with van der Waals surface area (Å²) in [6.07, 6.45) is 0. The number of hydrogen-bond donors (Lipinski definition) is 0. The minimum absolute atomic E-state index is 0.170. The van der Waals surface area contributed by atoms with Crippen molar-refractivity contribution in [1.29, 1.82) is 0 Å². The Balaban J connectivity index is 2.82. The highest BCUT2D eigenvalue weighted by molar-refractivity contribution is 7.86. The smallest absolute Gasteiger partial charge is 0.367 e. The normalized spacial score (nSPS) is 11.7. The molecule has 0 spiro atoms. The molecule has 0 aliphatic heterocycles. The van der Waals surface area contributed by atoms with Crippen LogP contribution in [0.25, 0.3) is 0 Å². The Kier molecular flexibility index (Phi) is 5.62. The number of ether oxygens (including phenoxy) is 2. The molecule has 0 saturated carbocycles. The second-order valence-corrected chi connectivity index (χ2v) is 6.01. The molecule has 6 nitrogen and oxygen atoms in total. The fourth-order valence-electron chi connectivity index (χ4n) is 1.22. The lowest BCUT2D eigenvalue weighted by Gasteiger charge is -2.19. The molecule has 1 rings (SSSR count). The van der Waals surface area contributed by atoms with Crippen LogP contribution in [0.4, 0.5) is 8.78 Å². The Morgan fingerprint density at radius 1 is 1.35 bits per heavy atom. The van der Waals surface area contributed by atoms with Gasteiger partial charge in [0.2, 0.25) is 0 Å². The van der Waals surface area contributed by atoms with Crippen molar-refractivity contribution in [2.45, 2.75) is 12.2 Å². The molecule has 0 heterocycles. The molecule has 0 saturated heterocycles. The summed E-state index contributed by atoms with van der Waals surface area (Å²) in [4.78, 5) is 11.6. The van der Waals surface area contributed by atoms with Crippen molar-refractivity contribution in [3.05, 3.63) is 54.3 Å². The monoisotopic (exact) mass is 347 g/mol. The van der Waals surface area contributed by atoms with Crippen molar-refractivity contribution >= 4 is 16.1 Å². The van der Waals surface area contributed by atoms with Crippen molar-refractivity contribution in [3.63, 3.8) is 0 Å². The number of allylic oxidation sites excluding steroid dienone is 1. The standard InChI is InChI=1S/C14H14F2O6S/c1-9(2)10(3)22-12-6-4-5-11(7-12)13(17)21-8-14(15,16)23(18,19)20/h4-7H,1,3,8H2,2H3,(H,18,19,20)/p-1. The number of rotatable bonds is 7. The van der Waals surface area contributed by atoms with Gasteiger partial charge < -0.3 is 14.0 Å². The molecule has 126 valence electrons. The van der Waals surface area contributed by atoms with Crippen LogP contribution in [0.3, 0.4) is 0 Å². The van der Waals surface area contributed by atoms with E-state index >= 15 is 0 Å². The first kappa shape index (κ1) is 18.8. The zero-order chi connectivity index (χ0) is 17.8. The number of benzene rings is 1. The number of carbonyl (C=O) groups excluding carboxylic acids is 1. The molecule has 0 bridgehead atoms. The molecule has 9 heteroatoms. The molecule has 0 amide bonds. The highest BCUT2D eigenvalue weighted by atomic mass is 32.2. The molecule has 0 aliphatic rings. The van der Waals surface area contributed by atoms with Crippen LogP contribution >= 0.6 is 0 Å². The predicted molar refractivity (Wildman–Crippen MR) is 76.0 cm³/mol. The van der Waals surface area contributed by atoms with Gasteiger partial charge in [0.1, 0.15) is 11.5 Å². The summed E-state index contributed by atoms with van der Waals surface area (Å²) < 4.78 is 66.2. The summed E-state index contributed by atoms with van der Waals surface area (Å²) in [5, 5.41) is -4.70. The zero-order valence-corrected chi connectivity index (χ0v) is 12.9. The van der Waals surface area contributed by atoms with E-state index in [-0.39, 0.29) is 17.1 Å². The maximum Gasteiger partial charge on any atom is 0.367 e. The van der Waals surface area contributed by atoms with Crippen LogP contribution in [-0.2, 0) is 14.9 Å². The molecule has 0 aliphatic carbocycles. The van der Waals surface area contributed by atoms with Gasteiger partial charge in [-0.05, 0) is 30.7 Å². The van der Waals surface area contributed by atoms with E-state index in [2.05, 4.69) is 17.9 Å². The third kappa shape index (κ3) is 5.15. The second kappa shape index (κ2) is 6.88. The minimum Gasteiger partial charge on any atom is -0.743 e. The van der Waals surface area contributed by atoms with Crippen LogP contribution in [0, 0.1) is 0 Å². The van der Waals surface area contributed by atoms with Gasteiger partial charge in [-0.25, -0.2) is 13.2 Å². The minimum atomic E-state index is -5.92. The van der Waals surface area contributed by atoms with Crippen molar-refractivity contribution in [3.8, 4) is 5.75 Å². The van der Waals surface area contributed by atoms with Crippen molar-refractivity contribution in [2.24, 2.45) is 0 Å². The van der Waals surface area contributed by atoms with Crippen LogP contribution < -0.4 is 4.74 Å². The van der Waals surface area contributed by atoms with Gasteiger partial charge in [-0.2, -0.15) is 8.78 Å². The van der Waals surface area contributed by atoms with Gasteiger partial charge in [-0.1, -0.05) is 19.2 Å². The lowest BCUT2D eigenvalue weighted by molar-refractivity contribution is -0.00998. The molecular formula is C14H13F2O6S-. The molecule has 1 aromatic rings. The van der Waals surface area contributed by atoms with Crippen molar-refractivity contribution in [2.75, 3.05) is 6.61 Å². The van der Waals surface area contributed by atoms with Gasteiger partial charge in [0.15, 0.2) is 16.7 Å². The van der Waals surface area contributed by atoms with E-state index in [1.807, 2.05) is 0 Å². The van der Waals surface area contributed by atoms with E-state index in [1.165, 1.54) is 24.3 Å². The second-order valence-electron chi connectivity index (χ2n) is 4.50. The first-order chi connectivity index (χ1) is 10.4. The third-order valence-electron chi connectivity index (χ3n) is 2.52. The van der Waals surface area contributed by atoms with Crippen LogP contribution in [-0.4, -0.2) is 30.8 Å². The summed E-state index contributed by atoms with van der Waals surface area (Å²) in [5.41, 5.74) is 0.370. The van der Waals surface area contributed by atoms with Crippen molar-refractivity contribution in [1.82, 2.24) is 0 Å². The van der Waals surface area contributed by atoms with Gasteiger partial charge in [-0.3, -0.25) is 0 Å². The first-order valence-corrected chi connectivity index (χ1v) is 7.48. The molecule has 1 aromatic carbocycles. The van der Waals surface area contributed by atoms with E-state index in [4.69, 9.17) is 4.74 Å². The molecular weight excluding hydrogens is 334 g/mol. The lowest BCUT2D eigenvalue weighted by Crippen LogP contribution is -2.34. The summed E-state index contributed by atoms with van der Waals surface area (Å²) in [6, 6.07) is 5.28. The third-order valence-corrected chi connectivity index (χ3v) is 3.37. The van der Waals surface area contributed by atoms with Gasteiger partial charge in [0, 0.05) is 0 Å². The fraction of sp³-hybridized carbons (Fsp3) is 0.214. The zero-order valence-electron chi connectivity index (χ0n) is 12.0. The number of halogens is 2. The highest BCUT2D eigenvalue weighted by Gasteiger charge is 2.39. The van der Waals surface area contributed by atoms with Crippen molar-refractivity contribution < 1.29 is 36.0 Å². The van der Waals surface area contributed by atoms with Crippen LogP contribution in [0.5, 0.6) is 5.75 Å². The van der Waals surface area contributed by atoms with E-state index in [0.29, 0.717) is 5.57 Å². The molecule has 0 N–H and O–H groups in total. The van der Waals surface area contributed by atoms with Crippen LogP contribution in [0.1, 0.15) is 17.3 Å². The molecule has 0 atom stereocenters. The molecule has 0 fully saturated rings. The van der Waals surface area contributed by atoms with E-state index in [9.17, 15) is 26.5 Å². The average Bonchev–Trinajstić information content (AvgIpc) is 2.43. The summed E-state index contributed by atoms with van der Waals surface area (Å²) in [6.45, 7) is 6.95. The van der Waals surface area contributed by atoms with E-state index in [1.54, 1.807) is 6.92 Å². The number of alkyl halides is 2. The first-order valence-electron chi connectivity index (χ1n) is 6.07. The Hall–Kier alpha value is -2.26. The largest absolute Gasteiger partial charge is 0.743 e. The summed E-state index contributed by atoms with van der Waals surface area (Å²) in [5.74, 6) is -0.824. The predicted octanol–water partition coefficient (Wildman–Crippen LogP) is 2.45. The molecule has 23 heavy (non-hydrogen) atoms. The maximum atomic E-state index is 12.9. The van der Waals surface area contributed by atoms with Crippen LogP contribution in [0.2, 0.25) is 0 Å². The van der Waals surface area contributed by atoms with E-state index < -0.39 is 27.9 Å². The molecule has 0 radical (unpaired) electrons. The van der Waals surface area contributed by atoms with Gasteiger partial charge in [0.05, 0.1) is 5.56 Å². The van der Waals surface area contributed by atoms with Gasteiger partial charge in [-0.15, -0.1) is 0 Å². The Labute approximate surface area is 131 Å². The molecule has 0 aromatic heterocycles. The molecule has 0 unspecified atom stereocenters. The Morgan fingerprint density at radius 3 is 2.48 bits per heavy atom. The maximum absolute atomic E-state index is 12.9. The Bertz CT molecular complexity index is 739. The summed E-state index contributed by atoms with van der Waals surface area (Å²) in [7, 11) is -5.92. The van der Waals surface area contributed by atoms with Gasteiger partial charge in [0.25, 0.3) is 0 Å². The SMILES string of the molecule is C=C(C)C(=C)Oc1cccc(C(=O)OCC(F)(F)S(=O)(=O)[O-])c1. The quantitative estimate of drug-likeness (QED) is 0.325. The number of hydrogen-bond acceptors (Lipinski definition) is 6. The average molecular weight is 347 g/mol. The van der Waals surface area contributed by atoms with Gasteiger partial charge >= 0.3 is 11.2 Å². The lowest BCUT2D eigenvalue weighted by atomic mass is 10.2. The number of esters is 1. The number of carbonyl (C=O) groups is 1. The fourth-order valence-corrected chi connectivity index (χ4v) is 1.42. The summed E-state index contributed by atoms with van der Waals surface area (Å²) >= 11 is 0. The van der Waals surface area contributed by atoms with Crippen LogP contribution in [0.15, 0.2) is 48.8 Å². The highest BCUT2D eigenvalue weighted by Crippen LogP contribution is 2.22.